The fourth-order valence-electron chi connectivity index (χ4n) is 4.00. The van der Waals surface area contributed by atoms with E-state index in [1.165, 1.54) is 6.20 Å². The Morgan fingerprint density at radius 1 is 1.38 bits per heavy atom. The summed E-state index contributed by atoms with van der Waals surface area (Å²) < 4.78 is 20.2. The highest BCUT2D eigenvalue weighted by atomic mass is 35.5. The summed E-state index contributed by atoms with van der Waals surface area (Å²) in [4.78, 5) is 26.1. The van der Waals surface area contributed by atoms with Crippen molar-refractivity contribution in [3.05, 3.63) is 47.5 Å². The number of carbonyl (C=O) groups is 1. The Kier molecular flexibility index (Phi) is 8.14. The molecule has 1 fully saturated rings. The van der Waals surface area contributed by atoms with Gasteiger partial charge in [-0.3, -0.25) is 4.79 Å². The average Bonchev–Trinajstić information content (AvgIpc) is 3.66. The molecule has 1 aliphatic carbocycles. The third-order valence-electron chi connectivity index (χ3n) is 6.27. The number of aliphatic imine (C=N–C) groups is 1. The SMILES string of the molecule is COCCOc1ccc2c(Oc3cnc4nc(/N=C(\C=C(/N)C5CC5)C(=O)NCCO)n(C)c4c3Cl)c[nH][n+]2c1. The predicted octanol–water partition coefficient (Wildman–Crippen LogP) is 1.94. The molecule has 4 heterocycles. The quantitative estimate of drug-likeness (QED) is 0.114. The van der Waals surface area contributed by atoms with Gasteiger partial charge in [-0.05, 0) is 30.9 Å². The topological polar surface area (TPSA) is 166 Å². The number of ether oxygens (including phenoxy) is 3. The largest absolute Gasteiger partial charge is 0.485 e. The molecule has 0 bridgehead atoms. The molecule has 0 atom stereocenters. The molecule has 0 spiro atoms. The summed E-state index contributed by atoms with van der Waals surface area (Å²) in [6.45, 7) is 0.803. The minimum Gasteiger partial charge on any atom is -0.485 e. The van der Waals surface area contributed by atoms with Crippen LogP contribution < -0.4 is 25.0 Å². The molecular weight excluding hydrogens is 540 g/mol. The number of carbonyl (C=O) groups excluding carboxylic acids is 1. The van der Waals surface area contributed by atoms with Crippen LogP contribution in [0.1, 0.15) is 12.8 Å². The molecule has 0 aliphatic heterocycles. The van der Waals surface area contributed by atoms with Crippen molar-refractivity contribution >= 4 is 45.8 Å². The van der Waals surface area contributed by atoms with Crippen molar-refractivity contribution in [2.75, 3.05) is 33.5 Å². The highest BCUT2D eigenvalue weighted by Crippen LogP contribution is 2.37. The van der Waals surface area contributed by atoms with Crippen molar-refractivity contribution in [2.24, 2.45) is 23.7 Å². The number of nitrogens with one attached hydrogen (secondary N) is 2. The van der Waals surface area contributed by atoms with E-state index in [1.807, 2.05) is 12.1 Å². The van der Waals surface area contributed by atoms with Gasteiger partial charge in [-0.1, -0.05) is 16.1 Å². The molecule has 5 rings (SSSR count). The lowest BCUT2D eigenvalue weighted by molar-refractivity contribution is -0.577. The molecule has 4 aromatic heterocycles. The number of nitrogens with zero attached hydrogens (tertiary/aromatic N) is 5. The van der Waals surface area contributed by atoms with Crippen LogP contribution in [0.25, 0.3) is 16.7 Å². The van der Waals surface area contributed by atoms with Crippen molar-refractivity contribution in [1.82, 2.24) is 25.0 Å². The Morgan fingerprint density at radius 2 is 2.20 bits per heavy atom. The van der Waals surface area contributed by atoms with E-state index in [1.54, 1.807) is 41.7 Å². The van der Waals surface area contributed by atoms with Gasteiger partial charge in [0.2, 0.25) is 17.9 Å². The lowest BCUT2D eigenvalue weighted by Crippen LogP contribution is -2.32. The van der Waals surface area contributed by atoms with Crippen molar-refractivity contribution in [3.8, 4) is 17.2 Å². The van der Waals surface area contributed by atoms with Gasteiger partial charge in [-0.25, -0.2) is 9.98 Å². The lowest BCUT2D eigenvalue weighted by Gasteiger charge is -2.07. The number of aliphatic hydroxyl groups excluding tert-OH is 1. The minimum absolute atomic E-state index is 0.0743. The maximum Gasteiger partial charge on any atom is 0.279 e. The highest BCUT2D eigenvalue weighted by Gasteiger charge is 2.26. The number of methoxy groups -OCH3 is 1. The Labute approximate surface area is 234 Å². The number of hydrogen-bond acceptors (Lipinski definition) is 9. The number of H-pyrrole nitrogens is 1. The zero-order chi connectivity index (χ0) is 28.2. The number of aromatic amines is 1. The monoisotopic (exact) mass is 569 g/mol. The van der Waals surface area contributed by atoms with E-state index in [0.29, 0.717) is 47.3 Å². The number of rotatable bonds is 12. The molecule has 1 amide bonds. The number of hydrogen-bond donors (Lipinski definition) is 4. The third kappa shape index (κ3) is 5.86. The molecule has 40 heavy (non-hydrogen) atoms. The molecule has 0 saturated heterocycles. The number of pyridine rings is 2. The van der Waals surface area contributed by atoms with Gasteiger partial charge < -0.3 is 34.9 Å². The smallest absolute Gasteiger partial charge is 0.279 e. The van der Waals surface area contributed by atoms with Crippen LogP contribution in [0.4, 0.5) is 5.95 Å². The van der Waals surface area contributed by atoms with Gasteiger partial charge >= 0.3 is 0 Å². The van der Waals surface area contributed by atoms with Crippen molar-refractivity contribution in [3.63, 3.8) is 0 Å². The van der Waals surface area contributed by atoms with E-state index >= 15 is 0 Å². The van der Waals surface area contributed by atoms with Gasteiger partial charge in [0, 0.05) is 32.5 Å². The predicted molar refractivity (Wildman–Crippen MR) is 147 cm³/mol. The average molecular weight is 570 g/mol. The van der Waals surface area contributed by atoms with Crippen LogP contribution in [-0.4, -0.2) is 69.8 Å². The summed E-state index contributed by atoms with van der Waals surface area (Å²) in [5, 5.41) is 15.1. The van der Waals surface area contributed by atoms with Crippen molar-refractivity contribution < 1.29 is 28.6 Å². The number of aromatic nitrogens is 5. The van der Waals surface area contributed by atoms with Gasteiger partial charge in [0.1, 0.15) is 29.1 Å². The van der Waals surface area contributed by atoms with Gasteiger partial charge in [-0.2, -0.15) is 10.1 Å². The number of aliphatic hydroxyl groups is 1. The molecule has 1 aliphatic rings. The van der Waals surface area contributed by atoms with E-state index in [9.17, 15) is 4.79 Å². The van der Waals surface area contributed by atoms with Gasteiger partial charge in [0.15, 0.2) is 17.1 Å². The first kappa shape index (κ1) is 27.4. The van der Waals surface area contributed by atoms with Crippen LogP contribution in [0.5, 0.6) is 17.2 Å². The van der Waals surface area contributed by atoms with Gasteiger partial charge in [0.25, 0.3) is 11.4 Å². The number of nitrogens with two attached hydrogens (primary N) is 1. The van der Waals surface area contributed by atoms with Crippen LogP contribution in [0.3, 0.4) is 0 Å². The molecule has 13 nitrogen and oxygen atoms in total. The molecular formula is C26H30ClN8O5+. The maximum atomic E-state index is 12.7. The molecule has 0 unspecified atom stereocenters. The number of aryl methyl sites for hydroxylation is 1. The Hall–Kier alpha value is -4.20. The summed E-state index contributed by atoms with van der Waals surface area (Å²) in [6.07, 6.45) is 8.47. The number of halogens is 1. The molecule has 1 saturated carbocycles. The molecule has 5 N–H and O–H groups in total. The third-order valence-corrected chi connectivity index (χ3v) is 6.63. The van der Waals surface area contributed by atoms with Gasteiger partial charge in [0.05, 0.1) is 19.4 Å². The van der Waals surface area contributed by atoms with E-state index in [4.69, 9.17) is 36.7 Å². The van der Waals surface area contributed by atoms with Crippen LogP contribution in [0.2, 0.25) is 5.02 Å². The molecule has 210 valence electrons. The van der Waals surface area contributed by atoms with Crippen molar-refractivity contribution in [1.29, 1.82) is 0 Å². The van der Waals surface area contributed by atoms with Crippen LogP contribution in [0.15, 0.2) is 47.5 Å². The molecule has 4 aromatic rings. The van der Waals surface area contributed by atoms with E-state index in [2.05, 4.69) is 25.4 Å². The van der Waals surface area contributed by atoms with E-state index in [-0.39, 0.29) is 35.8 Å². The summed E-state index contributed by atoms with van der Waals surface area (Å²) in [5.41, 5.74) is 8.37. The van der Waals surface area contributed by atoms with E-state index in [0.717, 1.165) is 18.4 Å². The normalized spacial score (nSPS) is 14.2. The van der Waals surface area contributed by atoms with Crippen molar-refractivity contribution in [2.45, 2.75) is 12.8 Å². The second-order valence-corrected chi connectivity index (χ2v) is 9.55. The molecule has 0 aromatic carbocycles. The second-order valence-electron chi connectivity index (χ2n) is 9.18. The van der Waals surface area contributed by atoms with Crippen LogP contribution >= 0.6 is 11.6 Å². The first-order valence-corrected chi connectivity index (χ1v) is 13.1. The Balaban J connectivity index is 1.44. The zero-order valence-electron chi connectivity index (χ0n) is 22.1. The van der Waals surface area contributed by atoms with Crippen LogP contribution in [0, 0.1) is 5.92 Å². The molecule has 14 heteroatoms. The fraction of sp³-hybridized carbons (Fsp3) is 0.346. The number of amides is 1. The minimum atomic E-state index is -0.475. The number of imidazole rings is 1. The fourth-order valence-corrected chi connectivity index (χ4v) is 4.30. The van der Waals surface area contributed by atoms with Gasteiger partial charge in [-0.15, -0.1) is 0 Å². The van der Waals surface area contributed by atoms with E-state index < -0.39 is 5.91 Å². The molecule has 0 radical (unpaired) electrons. The number of fused-ring (bicyclic) bond motifs is 2. The standard InChI is InChI=1S/C26H29ClN8O5/c1-34-23-22(27)21(40-20-13-31-35-14-16(5-6-19(20)35)39-10-9-38-2)12-30-24(23)33-26(34)32-18(25(37)29-7-8-36)11-17(28)15-3-4-15/h5-6,11-15,36H,3-4,7-10H2,1-2H3,(H3,28,29,30,32,33,37)/p+1. The zero-order valence-corrected chi connectivity index (χ0v) is 22.8. The first-order valence-electron chi connectivity index (χ1n) is 12.7. The Bertz CT molecular complexity index is 1610. The van der Waals surface area contributed by atoms with Crippen LogP contribution in [-0.2, 0) is 16.6 Å². The summed E-state index contributed by atoms with van der Waals surface area (Å²) in [7, 11) is 3.34. The Morgan fingerprint density at radius 3 is 2.95 bits per heavy atom. The summed E-state index contributed by atoms with van der Waals surface area (Å²) in [6, 6.07) is 3.69. The summed E-state index contributed by atoms with van der Waals surface area (Å²) >= 11 is 6.76. The maximum absolute atomic E-state index is 12.7. The highest BCUT2D eigenvalue weighted by molar-refractivity contribution is 6.44. The summed E-state index contributed by atoms with van der Waals surface area (Å²) in [5.74, 6) is 1.48. The number of allylic oxidation sites excluding steroid dienone is 1. The lowest BCUT2D eigenvalue weighted by atomic mass is 10.2. The second kappa shape index (κ2) is 11.9. The first-order chi connectivity index (χ1) is 19.4.